The van der Waals surface area contributed by atoms with Gasteiger partial charge in [-0.3, -0.25) is 4.18 Å². The third kappa shape index (κ3) is 5.73. The first-order chi connectivity index (χ1) is 9.94. The molecular formula is C15H21FO4S. The van der Waals surface area contributed by atoms with E-state index in [0.29, 0.717) is 19.4 Å². The molecule has 0 N–H and O–H groups in total. The van der Waals surface area contributed by atoms with Crippen LogP contribution in [0.5, 0.6) is 0 Å². The maximum Gasteiger partial charge on any atom is 0.264 e. The topological polar surface area (TPSA) is 52.6 Å². The van der Waals surface area contributed by atoms with Crippen molar-refractivity contribution in [2.24, 2.45) is 0 Å². The monoisotopic (exact) mass is 316 g/mol. The summed E-state index contributed by atoms with van der Waals surface area (Å²) in [6.45, 7) is 0.465. The molecule has 6 heteroatoms. The molecule has 0 amide bonds. The fourth-order valence-corrected chi connectivity index (χ4v) is 3.22. The van der Waals surface area contributed by atoms with Gasteiger partial charge in [-0.15, -0.1) is 0 Å². The summed E-state index contributed by atoms with van der Waals surface area (Å²) in [5, 5.41) is 0. The largest absolute Gasteiger partial charge is 0.375 e. The molecule has 0 aromatic heterocycles. The van der Waals surface area contributed by atoms with Gasteiger partial charge in [0.1, 0.15) is 6.17 Å². The first-order valence-corrected chi connectivity index (χ1v) is 8.93. The van der Waals surface area contributed by atoms with E-state index in [4.69, 9.17) is 8.92 Å². The third-order valence-electron chi connectivity index (χ3n) is 3.54. The molecule has 118 valence electrons. The van der Waals surface area contributed by atoms with Gasteiger partial charge in [0, 0.05) is 6.42 Å². The zero-order chi connectivity index (χ0) is 15.3. The lowest BCUT2D eigenvalue weighted by molar-refractivity contribution is -0.0471. The lowest BCUT2D eigenvalue weighted by atomic mass is 9.93. The van der Waals surface area contributed by atoms with Crippen molar-refractivity contribution < 1.29 is 21.7 Å². The molecule has 3 atom stereocenters. The third-order valence-corrected chi connectivity index (χ3v) is 4.16. The Hall–Kier alpha value is -0.980. The summed E-state index contributed by atoms with van der Waals surface area (Å²) in [5.74, 6) is 0. The average molecular weight is 316 g/mol. The molecule has 1 aliphatic rings. The highest BCUT2D eigenvalue weighted by Crippen LogP contribution is 2.27. The molecule has 2 rings (SSSR count). The summed E-state index contributed by atoms with van der Waals surface area (Å²) in [6.07, 6.45) is 0.581. The highest BCUT2D eigenvalue weighted by molar-refractivity contribution is 7.86. The first kappa shape index (κ1) is 16.4. The van der Waals surface area contributed by atoms with E-state index in [1.807, 2.05) is 30.3 Å². The van der Waals surface area contributed by atoms with Gasteiger partial charge in [0.15, 0.2) is 0 Å². The van der Waals surface area contributed by atoms with Crippen LogP contribution in [0.25, 0.3) is 0 Å². The van der Waals surface area contributed by atoms with Gasteiger partial charge in [-0.2, -0.15) is 8.42 Å². The molecule has 1 fully saturated rings. The fourth-order valence-electron chi connectivity index (χ4n) is 2.55. The second-order valence-corrected chi connectivity index (χ2v) is 7.00. The molecule has 1 aromatic rings. The summed E-state index contributed by atoms with van der Waals surface area (Å²) >= 11 is 0. The SMILES string of the molecule is CS(=O)(=O)O[C@@H]1CC[C@H](OCCc2ccccc2)[C@@H](F)C1. The summed E-state index contributed by atoms with van der Waals surface area (Å²) in [7, 11) is -3.53. The highest BCUT2D eigenvalue weighted by Gasteiger charge is 2.33. The quantitative estimate of drug-likeness (QED) is 0.757. The van der Waals surface area contributed by atoms with Crippen LogP contribution in [0.4, 0.5) is 4.39 Å². The lowest BCUT2D eigenvalue weighted by Gasteiger charge is -2.30. The van der Waals surface area contributed by atoms with Gasteiger partial charge in [-0.05, 0) is 24.8 Å². The Morgan fingerprint density at radius 3 is 2.57 bits per heavy atom. The van der Waals surface area contributed by atoms with Gasteiger partial charge in [-0.1, -0.05) is 30.3 Å². The predicted molar refractivity (Wildman–Crippen MR) is 78.3 cm³/mol. The van der Waals surface area contributed by atoms with Crippen molar-refractivity contribution in [3.8, 4) is 0 Å². The molecule has 1 aliphatic carbocycles. The number of hydrogen-bond donors (Lipinski definition) is 0. The van der Waals surface area contributed by atoms with Crippen LogP contribution in [-0.4, -0.2) is 39.7 Å². The zero-order valence-electron chi connectivity index (χ0n) is 12.1. The van der Waals surface area contributed by atoms with E-state index < -0.39 is 28.5 Å². The summed E-state index contributed by atoms with van der Waals surface area (Å²) in [4.78, 5) is 0. The minimum Gasteiger partial charge on any atom is -0.375 e. The Balaban J connectivity index is 1.74. The van der Waals surface area contributed by atoms with Crippen LogP contribution in [0.2, 0.25) is 0 Å². The molecule has 0 radical (unpaired) electrons. The average Bonchev–Trinajstić information content (AvgIpc) is 2.41. The van der Waals surface area contributed by atoms with E-state index in [2.05, 4.69) is 0 Å². The Morgan fingerprint density at radius 1 is 1.24 bits per heavy atom. The maximum atomic E-state index is 14.0. The Kier molecular flexibility index (Phi) is 5.72. The van der Waals surface area contributed by atoms with Crippen molar-refractivity contribution in [1.82, 2.24) is 0 Å². The van der Waals surface area contributed by atoms with Gasteiger partial charge in [-0.25, -0.2) is 4.39 Å². The molecule has 1 saturated carbocycles. The van der Waals surface area contributed by atoms with Crippen LogP contribution in [0.3, 0.4) is 0 Å². The molecule has 0 spiro atoms. The molecule has 21 heavy (non-hydrogen) atoms. The van der Waals surface area contributed by atoms with Crippen LogP contribution < -0.4 is 0 Å². The van der Waals surface area contributed by atoms with Crippen LogP contribution in [0, 0.1) is 0 Å². The van der Waals surface area contributed by atoms with Gasteiger partial charge >= 0.3 is 0 Å². The zero-order valence-corrected chi connectivity index (χ0v) is 12.9. The molecule has 4 nitrogen and oxygen atoms in total. The van der Waals surface area contributed by atoms with Gasteiger partial charge in [0.2, 0.25) is 0 Å². The molecular weight excluding hydrogens is 295 g/mol. The number of rotatable bonds is 6. The van der Waals surface area contributed by atoms with Crippen molar-refractivity contribution in [2.75, 3.05) is 12.9 Å². The molecule has 0 aliphatic heterocycles. The summed E-state index contributed by atoms with van der Waals surface area (Å²) in [5.41, 5.74) is 1.15. The summed E-state index contributed by atoms with van der Waals surface area (Å²) in [6, 6.07) is 9.88. The number of alkyl halides is 1. The van der Waals surface area contributed by atoms with E-state index in [-0.39, 0.29) is 6.42 Å². The minimum atomic E-state index is -3.53. The maximum absolute atomic E-state index is 14.0. The normalized spacial score (nSPS) is 26.7. The molecule has 1 aromatic carbocycles. The highest BCUT2D eigenvalue weighted by atomic mass is 32.2. The standard InChI is InChI=1S/C15H21FO4S/c1-21(17,18)20-13-7-8-15(14(16)11-13)19-10-9-12-5-3-2-4-6-12/h2-6,13-15H,7-11H2,1H3/t13-,14+,15+/m1/s1. The van der Waals surface area contributed by atoms with Crippen LogP contribution in [-0.2, 0) is 25.5 Å². The van der Waals surface area contributed by atoms with Crippen LogP contribution in [0.1, 0.15) is 24.8 Å². The van der Waals surface area contributed by atoms with E-state index in [1.165, 1.54) is 0 Å². The van der Waals surface area contributed by atoms with Gasteiger partial charge in [0.25, 0.3) is 10.1 Å². The van der Waals surface area contributed by atoms with Crippen molar-refractivity contribution in [3.63, 3.8) is 0 Å². The fraction of sp³-hybridized carbons (Fsp3) is 0.600. The molecule has 0 unspecified atom stereocenters. The van der Waals surface area contributed by atoms with Crippen molar-refractivity contribution in [2.45, 2.75) is 44.1 Å². The second kappa shape index (κ2) is 7.33. The van der Waals surface area contributed by atoms with Crippen molar-refractivity contribution in [1.29, 1.82) is 0 Å². The molecule has 0 heterocycles. The smallest absolute Gasteiger partial charge is 0.264 e. The minimum absolute atomic E-state index is 0.0725. The summed E-state index contributed by atoms with van der Waals surface area (Å²) < 4.78 is 46.5. The Morgan fingerprint density at radius 2 is 1.95 bits per heavy atom. The lowest BCUT2D eigenvalue weighted by Crippen LogP contribution is -2.37. The predicted octanol–water partition coefficient (Wildman–Crippen LogP) is 2.48. The van der Waals surface area contributed by atoms with Crippen LogP contribution >= 0.6 is 0 Å². The van der Waals surface area contributed by atoms with Crippen molar-refractivity contribution in [3.05, 3.63) is 35.9 Å². The Bertz CT molecular complexity index is 532. The van der Waals surface area contributed by atoms with E-state index >= 15 is 0 Å². The number of halogens is 1. The molecule has 0 bridgehead atoms. The van der Waals surface area contributed by atoms with Crippen LogP contribution in [0.15, 0.2) is 30.3 Å². The van der Waals surface area contributed by atoms with Gasteiger partial charge < -0.3 is 4.74 Å². The van der Waals surface area contributed by atoms with Gasteiger partial charge in [0.05, 0.1) is 25.1 Å². The number of ether oxygens (including phenoxy) is 1. The number of benzene rings is 1. The van der Waals surface area contributed by atoms with E-state index in [0.717, 1.165) is 18.2 Å². The molecule has 0 saturated heterocycles. The van der Waals surface area contributed by atoms with E-state index in [9.17, 15) is 12.8 Å². The second-order valence-electron chi connectivity index (χ2n) is 5.40. The van der Waals surface area contributed by atoms with E-state index in [1.54, 1.807) is 0 Å². The van der Waals surface area contributed by atoms with Crippen molar-refractivity contribution >= 4 is 10.1 Å². The first-order valence-electron chi connectivity index (χ1n) is 7.12. The number of hydrogen-bond acceptors (Lipinski definition) is 4. The Labute approximate surface area is 125 Å².